The molecular weight excluding hydrogens is 390 g/mol. The largest absolute Gasteiger partial charge is 0.465 e. The summed E-state index contributed by atoms with van der Waals surface area (Å²) in [7, 11) is 2.47. The fourth-order valence-corrected chi connectivity index (χ4v) is 3.37. The van der Waals surface area contributed by atoms with E-state index in [-0.39, 0.29) is 28.7 Å². The summed E-state index contributed by atoms with van der Waals surface area (Å²) in [4.78, 5) is 36.4. The lowest BCUT2D eigenvalue weighted by Gasteiger charge is -2.21. The highest BCUT2D eigenvalue weighted by molar-refractivity contribution is 6.07. The molecule has 0 bridgehead atoms. The second kappa shape index (κ2) is 10.1. The number of hydrogen-bond acceptors (Lipinski definition) is 7. The van der Waals surface area contributed by atoms with Gasteiger partial charge < -0.3 is 23.9 Å². The molecule has 160 valence electrons. The predicted octanol–water partition coefficient (Wildman–Crippen LogP) is 3.95. The van der Waals surface area contributed by atoms with Gasteiger partial charge in [-0.3, -0.25) is 4.79 Å². The third-order valence-corrected chi connectivity index (χ3v) is 4.99. The SMILES string of the molecule is COC(=O)c1ccc(C(=O)OC)c(NC(=O)c2ccc(COC3CCCCC3)o2)c1. The van der Waals surface area contributed by atoms with Crippen LogP contribution in [0.1, 0.15) is 69.1 Å². The third-order valence-electron chi connectivity index (χ3n) is 4.99. The standard InChI is InChI=1S/C22H25NO7/c1-27-21(25)14-8-10-17(22(26)28-2)18(12-14)23-20(24)19-11-9-16(30-19)13-29-15-6-4-3-5-7-15/h8-12,15H,3-7,13H2,1-2H3,(H,23,24). The Hall–Kier alpha value is -3.13. The quantitative estimate of drug-likeness (QED) is 0.683. The summed E-state index contributed by atoms with van der Waals surface area (Å²) < 4.78 is 20.9. The summed E-state index contributed by atoms with van der Waals surface area (Å²) in [5, 5.41) is 2.60. The molecule has 1 N–H and O–H groups in total. The van der Waals surface area contributed by atoms with Crippen LogP contribution >= 0.6 is 0 Å². The Bertz CT molecular complexity index is 912. The van der Waals surface area contributed by atoms with Crippen molar-refractivity contribution in [2.45, 2.75) is 44.8 Å². The van der Waals surface area contributed by atoms with E-state index in [4.69, 9.17) is 13.9 Å². The average Bonchev–Trinajstić information content (AvgIpc) is 3.26. The van der Waals surface area contributed by atoms with E-state index in [0.717, 1.165) is 12.8 Å². The average molecular weight is 415 g/mol. The predicted molar refractivity (Wildman–Crippen MR) is 107 cm³/mol. The fraction of sp³-hybridized carbons (Fsp3) is 0.409. The molecule has 0 saturated heterocycles. The van der Waals surface area contributed by atoms with Crippen molar-refractivity contribution in [2.75, 3.05) is 19.5 Å². The molecule has 2 aromatic rings. The molecule has 1 aliphatic rings. The summed E-state index contributed by atoms with van der Waals surface area (Å²) in [5.41, 5.74) is 0.401. The first-order valence-corrected chi connectivity index (χ1v) is 9.84. The number of esters is 2. The highest BCUT2D eigenvalue weighted by Crippen LogP contribution is 2.23. The molecule has 1 aliphatic carbocycles. The minimum Gasteiger partial charge on any atom is -0.465 e. The molecule has 0 spiro atoms. The van der Waals surface area contributed by atoms with E-state index in [1.807, 2.05) is 0 Å². The Morgan fingerprint density at radius 3 is 2.43 bits per heavy atom. The second-order valence-electron chi connectivity index (χ2n) is 7.03. The number of carbonyl (C=O) groups is 3. The van der Waals surface area contributed by atoms with Crippen LogP contribution in [-0.4, -0.2) is 38.2 Å². The molecule has 8 nitrogen and oxygen atoms in total. The van der Waals surface area contributed by atoms with E-state index in [9.17, 15) is 14.4 Å². The van der Waals surface area contributed by atoms with Crippen LogP contribution in [0.3, 0.4) is 0 Å². The van der Waals surface area contributed by atoms with Gasteiger partial charge in [-0.1, -0.05) is 19.3 Å². The van der Waals surface area contributed by atoms with Crippen LogP contribution in [0.4, 0.5) is 5.69 Å². The number of amides is 1. The van der Waals surface area contributed by atoms with Crippen LogP contribution in [0, 0.1) is 0 Å². The number of ether oxygens (including phenoxy) is 3. The topological polar surface area (TPSA) is 104 Å². The number of benzene rings is 1. The van der Waals surface area contributed by atoms with Crippen LogP contribution in [0.2, 0.25) is 0 Å². The van der Waals surface area contributed by atoms with Gasteiger partial charge >= 0.3 is 11.9 Å². The maximum Gasteiger partial charge on any atom is 0.339 e. The zero-order chi connectivity index (χ0) is 21.5. The van der Waals surface area contributed by atoms with Gasteiger partial charge in [0.1, 0.15) is 12.4 Å². The zero-order valence-electron chi connectivity index (χ0n) is 17.1. The minimum absolute atomic E-state index is 0.0662. The summed E-state index contributed by atoms with van der Waals surface area (Å²) >= 11 is 0. The van der Waals surface area contributed by atoms with Crippen molar-refractivity contribution in [3.05, 3.63) is 53.0 Å². The van der Waals surface area contributed by atoms with Crippen LogP contribution < -0.4 is 5.32 Å². The molecular formula is C22H25NO7. The van der Waals surface area contributed by atoms with Crippen LogP contribution in [0.5, 0.6) is 0 Å². The van der Waals surface area contributed by atoms with E-state index >= 15 is 0 Å². The number of furan rings is 1. The van der Waals surface area contributed by atoms with Crippen molar-refractivity contribution in [1.29, 1.82) is 0 Å². The van der Waals surface area contributed by atoms with Gasteiger partial charge in [0.15, 0.2) is 5.76 Å². The molecule has 1 heterocycles. The van der Waals surface area contributed by atoms with E-state index < -0.39 is 17.8 Å². The Morgan fingerprint density at radius 2 is 1.73 bits per heavy atom. The molecule has 1 aromatic heterocycles. The number of hydrogen-bond donors (Lipinski definition) is 1. The van der Waals surface area contributed by atoms with Gasteiger partial charge in [-0.25, -0.2) is 9.59 Å². The normalized spacial score (nSPS) is 14.2. The molecule has 8 heteroatoms. The molecule has 1 aromatic carbocycles. The molecule has 3 rings (SSSR count). The number of nitrogens with one attached hydrogen (secondary N) is 1. The van der Waals surface area contributed by atoms with Crippen molar-refractivity contribution >= 4 is 23.5 Å². The van der Waals surface area contributed by atoms with Gasteiger partial charge in [-0.15, -0.1) is 0 Å². The molecule has 0 unspecified atom stereocenters. The lowest BCUT2D eigenvalue weighted by atomic mass is 9.98. The number of carbonyl (C=O) groups excluding carboxylic acids is 3. The number of methoxy groups -OCH3 is 2. The number of rotatable bonds is 7. The maximum absolute atomic E-state index is 12.6. The summed E-state index contributed by atoms with van der Waals surface area (Å²) in [6, 6.07) is 7.38. The van der Waals surface area contributed by atoms with E-state index in [1.54, 1.807) is 6.07 Å². The second-order valence-corrected chi connectivity index (χ2v) is 7.03. The minimum atomic E-state index is -0.650. The Balaban J connectivity index is 1.71. The number of anilines is 1. The first kappa shape index (κ1) is 21.6. The lowest BCUT2D eigenvalue weighted by Crippen LogP contribution is -2.16. The summed E-state index contributed by atoms with van der Waals surface area (Å²) in [6.07, 6.45) is 5.90. The van der Waals surface area contributed by atoms with Crippen molar-refractivity contribution in [2.24, 2.45) is 0 Å². The Kier molecular flexibility index (Phi) is 7.24. The van der Waals surface area contributed by atoms with Gasteiger partial charge in [-0.05, 0) is 43.2 Å². The maximum atomic E-state index is 12.6. The van der Waals surface area contributed by atoms with Crippen molar-refractivity contribution < 1.29 is 33.0 Å². The third kappa shape index (κ3) is 5.27. The molecule has 0 radical (unpaired) electrons. The van der Waals surface area contributed by atoms with Crippen LogP contribution in [0.25, 0.3) is 0 Å². The lowest BCUT2D eigenvalue weighted by molar-refractivity contribution is 0.00849. The van der Waals surface area contributed by atoms with Gasteiger partial charge in [0.25, 0.3) is 5.91 Å². The summed E-state index contributed by atoms with van der Waals surface area (Å²) in [6.45, 7) is 0.295. The Labute approximate surface area is 174 Å². The van der Waals surface area contributed by atoms with Gasteiger partial charge in [0.05, 0.1) is 37.1 Å². The molecule has 0 aliphatic heterocycles. The van der Waals surface area contributed by atoms with E-state index in [2.05, 4.69) is 10.1 Å². The highest BCUT2D eigenvalue weighted by atomic mass is 16.5. The van der Waals surface area contributed by atoms with E-state index in [1.165, 1.54) is 57.7 Å². The van der Waals surface area contributed by atoms with Crippen molar-refractivity contribution in [3.8, 4) is 0 Å². The van der Waals surface area contributed by atoms with E-state index in [0.29, 0.717) is 12.4 Å². The highest BCUT2D eigenvalue weighted by Gasteiger charge is 2.20. The molecule has 1 amide bonds. The van der Waals surface area contributed by atoms with Gasteiger partial charge in [-0.2, -0.15) is 0 Å². The fourth-order valence-electron chi connectivity index (χ4n) is 3.37. The molecule has 1 fully saturated rings. The zero-order valence-corrected chi connectivity index (χ0v) is 17.1. The van der Waals surface area contributed by atoms with Crippen molar-refractivity contribution in [1.82, 2.24) is 0 Å². The molecule has 30 heavy (non-hydrogen) atoms. The smallest absolute Gasteiger partial charge is 0.339 e. The first-order chi connectivity index (χ1) is 14.5. The van der Waals surface area contributed by atoms with Gasteiger partial charge in [0.2, 0.25) is 0 Å². The van der Waals surface area contributed by atoms with Crippen molar-refractivity contribution in [3.63, 3.8) is 0 Å². The first-order valence-electron chi connectivity index (χ1n) is 9.84. The van der Waals surface area contributed by atoms with Gasteiger partial charge in [0, 0.05) is 0 Å². The molecule has 1 saturated carbocycles. The van der Waals surface area contributed by atoms with Crippen LogP contribution in [-0.2, 0) is 20.8 Å². The monoisotopic (exact) mass is 415 g/mol. The Morgan fingerprint density at radius 1 is 1.00 bits per heavy atom. The summed E-state index contributed by atoms with van der Waals surface area (Å²) in [5.74, 6) is -1.20. The molecule has 0 atom stereocenters. The van der Waals surface area contributed by atoms with Crippen LogP contribution in [0.15, 0.2) is 34.7 Å².